The summed E-state index contributed by atoms with van der Waals surface area (Å²) in [6.07, 6.45) is 1.04. The van der Waals surface area contributed by atoms with E-state index in [0.717, 1.165) is 85.7 Å². The molecule has 0 saturated carbocycles. The van der Waals surface area contributed by atoms with E-state index in [1.54, 1.807) is 14.2 Å². The van der Waals surface area contributed by atoms with Gasteiger partial charge in [-0.3, -0.25) is 0 Å². The molecule has 0 amide bonds. The smallest absolute Gasteiger partial charge is 0.217 e. The van der Waals surface area contributed by atoms with Crippen molar-refractivity contribution in [1.29, 1.82) is 0 Å². The summed E-state index contributed by atoms with van der Waals surface area (Å²) in [5.74, 6) is 0.190. The third kappa shape index (κ3) is 11.0. The van der Waals surface area contributed by atoms with E-state index in [0.29, 0.717) is 37.7 Å². The van der Waals surface area contributed by atoms with Gasteiger partial charge in [0.15, 0.2) is 0 Å². The van der Waals surface area contributed by atoms with Gasteiger partial charge in [-0.1, -0.05) is 177 Å². The second-order valence-electron chi connectivity index (χ2n) is 19.5. The standard InChI is InChI=1S/2C32H31BrN2O2/c2*1-35(2)19-18-32(36,28-15-9-13-22-10-7-8-14-26(22)28)30(23-11-5-4-6-12-23)27-21-24-20-25(33)16-17-29(24)34-31(27)37-3/h2*4-17,20-21,30,36H,18-19H2,1-3H3/t2*30-,32+/m10/s1. The van der Waals surface area contributed by atoms with Crippen molar-refractivity contribution >= 4 is 75.2 Å². The Morgan fingerprint density at radius 3 is 1.19 bits per heavy atom. The predicted octanol–water partition coefficient (Wildman–Crippen LogP) is 14.3. The molecule has 0 unspecified atom stereocenters. The maximum absolute atomic E-state index is 13.0. The third-order valence-corrected chi connectivity index (χ3v) is 15.1. The number of nitrogens with zero attached hydrogens (tertiary/aromatic N) is 4. The molecule has 2 heterocycles. The van der Waals surface area contributed by atoms with Gasteiger partial charge in [0.1, 0.15) is 11.2 Å². The molecule has 8 aromatic carbocycles. The lowest BCUT2D eigenvalue weighted by atomic mass is 9.70. The molecule has 0 saturated heterocycles. The van der Waals surface area contributed by atoms with Crippen LogP contribution in [-0.4, -0.2) is 85.5 Å². The van der Waals surface area contributed by atoms with E-state index >= 15 is 0 Å². The zero-order valence-corrected chi connectivity index (χ0v) is 45.9. The molecule has 8 nitrogen and oxygen atoms in total. The number of hydrogen-bond acceptors (Lipinski definition) is 8. The van der Waals surface area contributed by atoms with Gasteiger partial charge < -0.3 is 29.5 Å². The first kappa shape index (κ1) is 52.4. The van der Waals surface area contributed by atoms with Gasteiger partial charge >= 0.3 is 0 Å². The van der Waals surface area contributed by atoms with Crippen LogP contribution in [0.5, 0.6) is 11.8 Å². The van der Waals surface area contributed by atoms with Crippen molar-refractivity contribution in [1.82, 2.24) is 19.8 Å². The summed E-state index contributed by atoms with van der Waals surface area (Å²) < 4.78 is 13.7. The summed E-state index contributed by atoms with van der Waals surface area (Å²) >= 11 is 7.21. The highest BCUT2D eigenvalue weighted by molar-refractivity contribution is 9.10. The van der Waals surface area contributed by atoms with Crippen LogP contribution in [-0.2, 0) is 11.2 Å². The van der Waals surface area contributed by atoms with Crippen molar-refractivity contribution in [3.05, 3.63) is 236 Å². The Morgan fingerprint density at radius 1 is 0.446 bits per heavy atom. The highest BCUT2D eigenvalue weighted by Crippen LogP contribution is 2.51. The number of hydrogen-bond donors (Lipinski definition) is 2. The minimum absolute atomic E-state index is 0.426. The first-order chi connectivity index (χ1) is 35.8. The molecule has 0 aliphatic carbocycles. The van der Waals surface area contributed by atoms with Crippen molar-refractivity contribution in [2.45, 2.75) is 35.9 Å². The molecule has 2 N–H and O–H groups in total. The van der Waals surface area contributed by atoms with Crippen molar-refractivity contribution in [3.63, 3.8) is 0 Å². The van der Waals surface area contributed by atoms with Crippen LogP contribution in [0.15, 0.2) is 203 Å². The Morgan fingerprint density at radius 2 is 0.811 bits per heavy atom. The lowest BCUT2D eigenvalue weighted by molar-refractivity contribution is 0.00490. The monoisotopic (exact) mass is 1110 g/mol. The Hall–Kier alpha value is -6.50. The molecule has 74 heavy (non-hydrogen) atoms. The predicted molar refractivity (Wildman–Crippen MR) is 311 cm³/mol. The van der Waals surface area contributed by atoms with E-state index in [2.05, 4.69) is 139 Å². The number of aromatic nitrogens is 2. The molecule has 0 spiro atoms. The van der Waals surface area contributed by atoms with Crippen LogP contribution < -0.4 is 9.47 Å². The van der Waals surface area contributed by atoms with Crippen molar-refractivity contribution in [3.8, 4) is 11.8 Å². The highest BCUT2D eigenvalue weighted by Gasteiger charge is 2.45. The van der Waals surface area contributed by atoms with Gasteiger partial charge in [0.2, 0.25) is 11.8 Å². The molecule has 0 bridgehead atoms. The Bertz CT molecular complexity index is 3300. The third-order valence-electron chi connectivity index (χ3n) is 14.2. The second kappa shape index (κ2) is 22.9. The van der Waals surface area contributed by atoms with Crippen molar-refractivity contribution in [2.75, 3.05) is 55.5 Å². The Balaban J connectivity index is 0.000000182. The highest BCUT2D eigenvalue weighted by atomic mass is 79.9. The van der Waals surface area contributed by atoms with Crippen LogP contribution in [0.4, 0.5) is 0 Å². The molecule has 4 atom stereocenters. The number of halogens is 2. The molecule has 376 valence electrons. The van der Waals surface area contributed by atoms with Gasteiger partial charge in [-0.15, -0.1) is 0 Å². The first-order valence-corrected chi connectivity index (χ1v) is 26.5. The largest absolute Gasteiger partial charge is 0.481 e. The Kier molecular flexibility index (Phi) is 16.2. The summed E-state index contributed by atoms with van der Waals surface area (Å²) in [4.78, 5) is 14.0. The van der Waals surface area contributed by atoms with Gasteiger partial charge in [0.05, 0.1) is 25.3 Å². The zero-order valence-electron chi connectivity index (χ0n) is 42.7. The molecule has 10 heteroatoms. The topological polar surface area (TPSA) is 91.2 Å². The van der Waals surface area contributed by atoms with Crippen LogP contribution in [0, 0.1) is 0 Å². The molecule has 0 radical (unpaired) electrons. The summed E-state index contributed by atoms with van der Waals surface area (Å²) in [6.45, 7) is 1.41. The average Bonchev–Trinajstić information content (AvgIpc) is 3.42. The second-order valence-corrected chi connectivity index (χ2v) is 21.4. The molecular weight excluding hydrogens is 1050 g/mol. The number of aliphatic hydroxyl groups is 2. The molecule has 10 aromatic rings. The number of benzene rings is 8. The Labute approximate surface area is 451 Å². The normalized spacial score (nSPS) is 14.1. The molecule has 0 aliphatic rings. The van der Waals surface area contributed by atoms with E-state index < -0.39 is 23.0 Å². The number of pyridine rings is 2. The van der Waals surface area contributed by atoms with E-state index in [1.165, 1.54) is 0 Å². The van der Waals surface area contributed by atoms with Gasteiger partial charge in [-0.25, -0.2) is 9.97 Å². The molecular formula is C64H62Br2N4O4. The summed E-state index contributed by atoms with van der Waals surface area (Å²) in [7, 11) is 11.5. The van der Waals surface area contributed by atoms with Crippen LogP contribution >= 0.6 is 31.9 Å². The van der Waals surface area contributed by atoms with Gasteiger partial charge in [0, 0.05) is 55.8 Å². The number of methoxy groups -OCH3 is 2. The van der Waals surface area contributed by atoms with Crippen molar-refractivity contribution in [2.24, 2.45) is 0 Å². The van der Waals surface area contributed by atoms with Gasteiger partial charge in [-0.2, -0.15) is 0 Å². The van der Waals surface area contributed by atoms with E-state index in [4.69, 9.17) is 19.4 Å². The molecule has 10 rings (SSSR count). The minimum Gasteiger partial charge on any atom is -0.481 e. The maximum atomic E-state index is 13.0. The number of fused-ring (bicyclic) bond motifs is 4. The number of ether oxygens (including phenoxy) is 2. The first-order valence-electron chi connectivity index (χ1n) is 24.9. The summed E-state index contributed by atoms with van der Waals surface area (Å²) in [5, 5.41) is 32.3. The van der Waals surface area contributed by atoms with Crippen LogP contribution in [0.3, 0.4) is 0 Å². The summed E-state index contributed by atoms with van der Waals surface area (Å²) in [6, 6.07) is 65.6. The zero-order chi connectivity index (χ0) is 52.0. The fourth-order valence-corrected chi connectivity index (χ4v) is 11.4. The molecule has 2 aromatic heterocycles. The fraction of sp³-hybridized carbons (Fsp3) is 0.219. The van der Waals surface area contributed by atoms with Crippen LogP contribution in [0.2, 0.25) is 0 Å². The van der Waals surface area contributed by atoms with Gasteiger partial charge in [0.25, 0.3) is 0 Å². The van der Waals surface area contributed by atoms with E-state index in [-0.39, 0.29) is 0 Å². The average molecular weight is 1110 g/mol. The molecule has 0 fully saturated rings. The SMILES string of the molecule is COc1nc2ccc(Br)cc2cc1[C@@H](c1ccccc1)[C@](O)(CCN(C)C)c1cccc2ccccc12.COc1nc2ccc(Br)cc2cc1[C@H](c1ccccc1)[C@@](O)(CCN(C)C)c1cccc2ccccc12. The summed E-state index contributed by atoms with van der Waals surface area (Å²) in [5.41, 5.74) is 4.72. The van der Waals surface area contributed by atoms with E-state index in [1.807, 2.05) is 125 Å². The minimum atomic E-state index is -1.25. The molecule has 0 aliphatic heterocycles. The van der Waals surface area contributed by atoms with Crippen molar-refractivity contribution < 1.29 is 19.7 Å². The van der Waals surface area contributed by atoms with Crippen LogP contribution in [0.1, 0.15) is 58.1 Å². The quantitative estimate of drug-likeness (QED) is 0.0989. The number of rotatable bonds is 16. The fourth-order valence-electron chi connectivity index (χ4n) is 10.6. The lowest BCUT2D eigenvalue weighted by Crippen LogP contribution is -2.38. The van der Waals surface area contributed by atoms with Crippen LogP contribution in [0.25, 0.3) is 43.4 Å². The maximum Gasteiger partial charge on any atom is 0.217 e. The van der Waals surface area contributed by atoms with E-state index in [9.17, 15) is 10.2 Å². The lowest BCUT2D eigenvalue weighted by Gasteiger charge is -2.39. The van der Waals surface area contributed by atoms with Gasteiger partial charge in [-0.05, 0) is 133 Å².